The summed E-state index contributed by atoms with van der Waals surface area (Å²) in [5, 5.41) is 4.10. The summed E-state index contributed by atoms with van der Waals surface area (Å²) in [4.78, 5) is 14.2. The van der Waals surface area contributed by atoms with Crippen LogP contribution < -0.4 is 5.32 Å². The number of ether oxygens (including phenoxy) is 1. The van der Waals surface area contributed by atoms with Crippen molar-refractivity contribution in [3.05, 3.63) is 28.8 Å². The Bertz CT molecular complexity index is 521. The topological polar surface area (TPSA) is 41.6 Å². The van der Waals surface area contributed by atoms with Gasteiger partial charge in [0.15, 0.2) is 0 Å². The largest absolute Gasteiger partial charge is 0.465 e. The first-order valence-corrected chi connectivity index (χ1v) is 7.64. The van der Waals surface area contributed by atoms with E-state index in [4.69, 9.17) is 16.3 Å². The molecule has 116 valence electrons. The van der Waals surface area contributed by atoms with E-state index >= 15 is 0 Å². The number of piperidine rings is 1. The summed E-state index contributed by atoms with van der Waals surface area (Å²) in [6.45, 7) is 5.48. The van der Waals surface area contributed by atoms with Crippen molar-refractivity contribution in [2.24, 2.45) is 5.92 Å². The molecule has 3 atom stereocenters. The molecular formula is C16H23ClN2O2. The summed E-state index contributed by atoms with van der Waals surface area (Å²) in [6, 6.07) is 6.04. The Labute approximate surface area is 131 Å². The SMILES string of the molecule is COC(=O)c1ccc(Cl)cc1NC1CC(C)N(C)CC1C. The van der Waals surface area contributed by atoms with Crippen LogP contribution in [0.1, 0.15) is 30.6 Å². The van der Waals surface area contributed by atoms with Gasteiger partial charge in [-0.15, -0.1) is 0 Å². The average molecular weight is 311 g/mol. The number of likely N-dealkylation sites (tertiary alicyclic amines) is 1. The summed E-state index contributed by atoms with van der Waals surface area (Å²) in [5.41, 5.74) is 1.28. The molecular weight excluding hydrogens is 288 g/mol. The van der Waals surface area contributed by atoms with E-state index in [-0.39, 0.29) is 5.97 Å². The molecule has 21 heavy (non-hydrogen) atoms. The molecule has 0 spiro atoms. The number of rotatable bonds is 3. The lowest BCUT2D eigenvalue weighted by atomic mass is 9.89. The molecule has 0 radical (unpaired) electrons. The first-order chi connectivity index (χ1) is 9.92. The summed E-state index contributed by atoms with van der Waals surface area (Å²) in [5.74, 6) is 0.151. The Morgan fingerprint density at radius 1 is 1.43 bits per heavy atom. The third-order valence-electron chi connectivity index (χ3n) is 4.34. The Balaban J connectivity index is 2.22. The van der Waals surface area contributed by atoms with E-state index in [0.29, 0.717) is 28.6 Å². The standard InChI is InChI=1S/C16H23ClN2O2/c1-10-9-19(3)11(2)7-14(10)18-15-8-12(17)5-6-13(15)16(20)21-4/h5-6,8,10-11,14,18H,7,9H2,1-4H3. The van der Waals surface area contributed by atoms with Crippen molar-refractivity contribution in [3.8, 4) is 0 Å². The summed E-state index contributed by atoms with van der Waals surface area (Å²) < 4.78 is 4.84. The number of benzene rings is 1. The van der Waals surface area contributed by atoms with Crippen LogP contribution in [0.3, 0.4) is 0 Å². The smallest absolute Gasteiger partial charge is 0.339 e. The molecule has 1 aliphatic rings. The van der Waals surface area contributed by atoms with Crippen LogP contribution in [0.4, 0.5) is 5.69 Å². The molecule has 0 aromatic heterocycles. The van der Waals surface area contributed by atoms with E-state index in [1.165, 1.54) is 7.11 Å². The molecule has 2 rings (SSSR count). The molecule has 1 heterocycles. The molecule has 0 aliphatic carbocycles. The predicted molar refractivity (Wildman–Crippen MR) is 86.1 cm³/mol. The molecule has 5 heteroatoms. The average Bonchev–Trinajstić information content (AvgIpc) is 2.44. The highest BCUT2D eigenvalue weighted by Crippen LogP contribution is 2.28. The van der Waals surface area contributed by atoms with Gasteiger partial charge in [-0.3, -0.25) is 0 Å². The van der Waals surface area contributed by atoms with Crippen LogP contribution in [0.2, 0.25) is 5.02 Å². The van der Waals surface area contributed by atoms with Crippen LogP contribution in [0.5, 0.6) is 0 Å². The maximum atomic E-state index is 11.9. The Hall–Kier alpha value is -1.26. The van der Waals surface area contributed by atoms with E-state index in [1.807, 2.05) is 0 Å². The second-order valence-electron chi connectivity index (χ2n) is 5.93. The minimum atomic E-state index is -0.345. The van der Waals surface area contributed by atoms with E-state index in [0.717, 1.165) is 18.7 Å². The Morgan fingerprint density at radius 3 is 2.81 bits per heavy atom. The van der Waals surface area contributed by atoms with Gasteiger partial charge >= 0.3 is 5.97 Å². The fourth-order valence-electron chi connectivity index (χ4n) is 2.87. The highest BCUT2D eigenvalue weighted by molar-refractivity contribution is 6.31. The monoisotopic (exact) mass is 310 g/mol. The van der Waals surface area contributed by atoms with E-state index in [1.54, 1.807) is 18.2 Å². The zero-order valence-corrected chi connectivity index (χ0v) is 13.8. The predicted octanol–water partition coefficient (Wildman–Crippen LogP) is 3.27. The number of anilines is 1. The number of carbonyl (C=O) groups excluding carboxylic acids is 1. The van der Waals surface area contributed by atoms with E-state index < -0.39 is 0 Å². The molecule has 1 aliphatic heterocycles. The van der Waals surface area contributed by atoms with Crippen molar-refractivity contribution in [2.45, 2.75) is 32.4 Å². The number of halogens is 1. The minimum absolute atomic E-state index is 0.318. The summed E-state index contributed by atoms with van der Waals surface area (Å²) >= 11 is 6.07. The number of carbonyl (C=O) groups is 1. The zero-order valence-electron chi connectivity index (χ0n) is 13.0. The Morgan fingerprint density at radius 2 is 2.14 bits per heavy atom. The van der Waals surface area contributed by atoms with Crippen LogP contribution in [-0.2, 0) is 4.74 Å². The van der Waals surface area contributed by atoms with Gasteiger partial charge in [0, 0.05) is 23.7 Å². The molecule has 3 unspecified atom stereocenters. The van der Waals surface area contributed by atoms with Gasteiger partial charge in [0.25, 0.3) is 0 Å². The van der Waals surface area contributed by atoms with Crippen molar-refractivity contribution in [1.82, 2.24) is 4.90 Å². The maximum Gasteiger partial charge on any atom is 0.339 e. The highest BCUT2D eigenvalue weighted by Gasteiger charge is 2.29. The zero-order chi connectivity index (χ0) is 15.6. The van der Waals surface area contributed by atoms with Crippen molar-refractivity contribution in [1.29, 1.82) is 0 Å². The number of nitrogens with zero attached hydrogens (tertiary/aromatic N) is 1. The van der Waals surface area contributed by atoms with Gasteiger partial charge in [-0.05, 0) is 44.5 Å². The van der Waals surface area contributed by atoms with Gasteiger partial charge in [-0.25, -0.2) is 4.79 Å². The number of nitrogens with one attached hydrogen (secondary N) is 1. The van der Waals surface area contributed by atoms with Gasteiger partial charge in [0.2, 0.25) is 0 Å². The molecule has 1 N–H and O–H groups in total. The quantitative estimate of drug-likeness (QED) is 0.870. The van der Waals surface area contributed by atoms with Crippen molar-refractivity contribution < 1.29 is 9.53 Å². The number of hydrogen-bond donors (Lipinski definition) is 1. The molecule has 1 fully saturated rings. The minimum Gasteiger partial charge on any atom is -0.465 e. The van der Waals surface area contributed by atoms with Crippen LogP contribution in [0.25, 0.3) is 0 Å². The first kappa shape index (κ1) is 16.1. The van der Waals surface area contributed by atoms with Crippen LogP contribution >= 0.6 is 11.6 Å². The highest BCUT2D eigenvalue weighted by atomic mass is 35.5. The number of hydrogen-bond acceptors (Lipinski definition) is 4. The molecule has 1 saturated heterocycles. The molecule has 1 aromatic rings. The molecule has 4 nitrogen and oxygen atoms in total. The Kier molecular flexibility index (Phi) is 5.12. The van der Waals surface area contributed by atoms with Crippen LogP contribution in [0, 0.1) is 5.92 Å². The van der Waals surface area contributed by atoms with Crippen molar-refractivity contribution in [3.63, 3.8) is 0 Å². The summed E-state index contributed by atoms with van der Waals surface area (Å²) in [6.07, 6.45) is 1.03. The van der Waals surface area contributed by atoms with Gasteiger partial charge in [0.05, 0.1) is 18.4 Å². The fourth-order valence-corrected chi connectivity index (χ4v) is 3.04. The summed E-state index contributed by atoms with van der Waals surface area (Å²) in [7, 11) is 3.54. The fraction of sp³-hybridized carbons (Fsp3) is 0.562. The van der Waals surface area contributed by atoms with Gasteiger partial charge < -0.3 is 15.0 Å². The lowest BCUT2D eigenvalue weighted by Gasteiger charge is -2.40. The van der Waals surface area contributed by atoms with Gasteiger partial charge in [-0.1, -0.05) is 18.5 Å². The van der Waals surface area contributed by atoms with Gasteiger partial charge in [-0.2, -0.15) is 0 Å². The van der Waals surface area contributed by atoms with Crippen molar-refractivity contribution >= 4 is 23.3 Å². The lowest BCUT2D eigenvalue weighted by molar-refractivity contribution is 0.0601. The second-order valence-corrected chi connectivity index (χ2v) is 6.37. The van der Waals surface area contributed by atoms with E-state index in [2.05, 4.69) is 31.1 Å². The third kappa shape index (κ3) is 3.69. The second kappa shape index (κ2) is 6.67. The lowest BCUT2D eigenvalue weighted by Crippen LogP contribution is -2.48. The van der Waals surface area contributed by atoms with Crippen LogP contribution in [0.15, 0.2) is 18.2 Å². The molecule has 0 bridgehead atoms. The normalized spacial score (nSPS) is 26.4. The number of methoxy groups -OCH3 is 1. The van der Waals surface area contributed by atoms with Crippen molar-refractivity contribution in [2.75, 3.05) is 26.0 Å². The third-order valence-corrected chi connectivity index (χ3v) is 4.57. The first-order valence-electron chi connectivity index (χ1n) is 7.27. The van der Waals surface area contributed by atoms with Crippen LogP contribution in [-0.4, -0.2) is 43.7 Å². The molecule has 1 aromatic carbocycles. The van der Waals surface area contributed by atoms with E-state index in [9.17, 15) is 4.79 Å². The van der Waals surface area contributed by atoms with Gasteiger partial charge in [0.1, 0.15) is 0 Å². The maximum absolute atomic E-state index is 11.9. The molecule has 0 amide bonds. The molecule has 0 saturated carbocycles. The number of esters is 1.